The van der Waals surface area contributed by atoms with Crippen LogP contribution < -0.4 is 26.3 Å². The van der Waals surface area contributed by atoms with Crippen LogP contribution in [0.25, 0.3) is 10.8 Å². The predicted molar refractivity (Wildman–Crippen MR) is 155 cm³/mol. The highest BCUT2D eigenvalue weighted by atomic mass is 79.9. The first-order valence-electron chi connectivity index (χ1n) is 12.8. The van der Waals surface area contributed by atoms with Gasteiger partial charge in [0.2, 0.25) is 0 Å². The number of benzene rings is 4. The third-order valence-electron chi connectivity index (χ3n) is 6.42. The van der Waals surface area contributed by atoms with Gasteiger partial charge in [0.05, 0.1) is 4.83 Å². The molecule has 0 aliphatic carbocycles. The van der Waals surface area contributed by atoms with E-state index in [2.05, 4.69) is 153 Å². The zero-order chi connectivity index (χ0) is 25.3. The lowest BCUT2D eigenvalue weighted by molar-refractivity contribution is -0.687. The normalized spacial score (nSPS) is 11.7. The molecule has 0 fully saturated rings. The molecule has 38 heavy (non-hydrogen) atoms. The lowest BCUT2D eigenvalue weighted by Crippen LogP contribution is -3.00. The molecule has 3 nitrogen and oxygen atoms in total. The number of fused-ring (bicyclic) bond motifs is 1. The minimum Gasteiger partial charge on any atom is -1.00 e. The lowest BCUT2D eigenvalue weighted by Gasteiger charge is -2.25. The molecule has 5 aromatic rings. The van der Waals surface area contributed by atoms with Gasteiger partial charge in [-0.1, -0.05) is 113 Å². The first-order valence-corrected chi connectivity index (χ1v) is 13.7. The summed E-state index contributed by atoms with van der Waals surface area (Å²) in [4.78, 5) is 2.67. The summed E-state index contributed by atoms with van der Waals surface area (Å²) in [5, 5.41) is 2.31. The van der Waals surface area contributed by atoms with Crippen molar-refractivity contribution in [1.82, 2.24) is 4.90 Å². The second-order valence-electron chi connectivity index (χ2n) is 9.41. The van der Waals surface area contributed by atoms with E-state index in [9.17, 15) is 0 Å². The molecule has 194 valence electrons. The van der Waals surface area contributed by atoms with Crippen LogP contribution in [0.2, 0.25) is 0 Å². The van der Waals surface area contributed by atoms with Crippen LogP contribution in [0.1, 0.15) is 16.7 Å². The second-order valence-corrected chi connectivity index (χ2v) is 10.7. The number of hydrogen-bond acceptors (Lipinski definition) is 2. The van der Waals surface area contributed by atoms with E-state index in [1.165, 1.54) is 22.1 Å². The van der Waals surface area contributed by atoms with E-state index < -0.39 is 0 Å². The van der Waals surface area contributed by atoms with Gasteiger partial charge in [0.25, 0.3) is 0 Å². The molecule has 0 bridgehead atoms. The number of rotatable bonds is 11. The van der Waals surface area contributed by atoms with Crippen LogP contribution >= 0.6 is 15.9 Å². The van der Waals surface area contributed by atoms with Crippen LogP contribution in [0, 0.1) is 0 Å². The molecule has 0 radical (unpaired) electrons. The van der Waals surface area contributed by atoms with Crippen molar-refractivity contribution in [1.29, 1.82) is 0 Å². The monoisotopic (exact) mass is 630 g/mol. The Labute approximate surface area is 244 Å². The van der Waals surface area contributed by atoms with Crippen molar-refractivity contribution < 1.29 is 26.3 Å². The SMILES string of the molecule is BrC(COc1cccc2c[n+](Cc3ccccc3)ccc12)CN(Cc1ccccc1)Cc1ccccc1.[Br-]. The van der Waals surface area contributed by atoms with Gasteiger partial charge in [-0.2, -0.15) is 0 Å². The van der Waals surface area contributed by atoms with E-state index >= 15 is 0 Å². The topological polar surface area (TPSA) is 16.4 Å². The van der Waals surface area contributed by atoms with E-state index in [4.69, 9.17) is 4.74 Å². The molecule has 0 saturated carbocycles. The molecule has 0 amide bonds. The molecule has 0 saturated heterocycles. The summed E-state index contributed by atoms with van der Waals surface area (Å²) in [6, 6.07) is 40.3. The van der Waals surface area contributed by atoms with Crippen molar-refractivity contribution in [2.24, 2.45) is 0 Å². The van der Waals surface area contributed by atoms with Crippen molar-refractivity contribution in [2.45, 2.75) is 24.5 Å². The Balaban J connectivity index is 0.00000336. The summed E-state index contributed by atoms with van der Waals surface area (Å²) in [5.41, 5.74) is 3.92. The van der Waals surface area contributed by atoms with Crippen LogP contribution in [0.4, 0.5) is 0 Å². The molecule has 5 heteroatoms. The Morgan fingerprint density at radius 1 is 0.684 bits per heavy atom. The Bertz CT molecular complexity index is 1360. The third-order valence-corrected chi connectivity index (χ3v) is 6.97. The third kappa shape index (κ3) is 8.00. The molecule has 1 heterocycles. The number of alkyl halides is 1. The fraction of sp³-hybridized carbons (Fsp3) is 0.182. The lowest BCUT2D eigenvalue weighted by atomic mass is 10.1. The minimum atomic E-state index is 0. The summed E-state index contributed by atoms with van der Waals surface area (Å²) in [7, 11) is 0. The van der Waals surface area contributed by atoms with Gasteiger partial charge < -0.3 is 21.7 Å². The fourth-order valence-electron chi connectivity index (χ4n) is 4.64. The average molecular weight is 632 g/mol. The van der Waals surface area contributed by atoms with E-state index in [0.29, 0.717) is 6.61 Å². The molecule has 0 spiro atoms. The van der Waals surface area contributed by atoms with Gasteiger partial charge in [-0.3, -0.25) is 4.90 Å². The first kappa shape index (κ1) is 28.0. The molecule has 0 aliphatic rings. The number of halogens is 2. The van der Waals surface area contributed by atoms with Crippen molar-refractivity contribution in [3.8, 4) is 5.75 Å². The van der Waals surface area contributed by atoms with Gasteiger partial charge in [0.1, 0.15) is 12.4 Å². The summed E-state index contributed by atoms with van der Waals surface area (Å²) in [5.74, 6) is 0.923. The maximum Gasteiger partial charge on any atom is 0.177 e. The Hall–Kier alpha value is -2.99. The van der Waals surface area contributed by atoms with E-state index in [0.717, 1.165) is 37.3 Å². The van der Waals surface area contributed by atoms with Crippen LogP contribution in [0.3, 0.4) is 0 Å². The maximum atomic E-state index is 6.36. The molecule has 1 aromatic heterocycles. The first-order chi connectivity index (χ1) is 18.2. The number of pyridine rings is 1. The van der Waals surface area contributed by atoms with Crippen LogP contribution in [-0.4, -0.2) is 22.9 Å². The zero-order valence-corrected chi connectivity index (χ0v) is 24.5. The predicted octanol–water partition coefficient (Wildman–Crippen LogP) is 4.02. The molecule has 5 rings (SSSR count). The van der Waals surface area contributed by atoms with Gasteiger partial charge in [-0.05, 0) is 23.3 Å². The van der Waals surface area contributed by atoms with Gasteiger partial charge in [0, 0.05) is 42.0 Å². The molecule has 4 aromatic carbocycles. The van der Waals surface area contributed by atoms with Crippen molar-refractivity contribution >= 4 is 26.7 Å². The van der Waals surface area contributed by atoms with Crippen LogP contribution in [-0.2, 0) is 19.6 Å². The van der Waals surface area contributed by atoms with Gasteiger partial charge >= 0.3 is 0 Å². The quantitative estimate of drug-likeness (QED) is 0.162. The highest BCUT2D eigenvalue weighted by molar-refractivity contribution is 9.09. The van der Waals surface area contributed by atoms with E-state index in [-0.39, 0.29) is 21.8 Å². The highest BCUT2D eigenvalue weighted by Gasteiger charge is 2.15. The molecule has 0 N–H and O–H groups in total. The average Bonchev–Trinajstić information content (AvgIpc) is 2.93. The number of aromatic nitrogens is 1. The number of hydrogen-bond donors (Lipinski definition) is 0. The molecular weight excluding hydrogens is 600 g/mol. The summed E-state index contributed by atoms with van der Waals surface area (Å²) in [6.07, 6.45) is 4.33. The second kappa shape index (κ2) is 14.2. The fourth-order valence-corrected chi connectivity index (χ4v) is 5.19. The largest absolute Gasteiger partial charge is 1.00 e. The van der Waals surface area contributed by atoms with Crippen LogP contribution in [0.5, 0.6) is 5.75 Å². The summed E-state index contributed by atoms with van der Waals surface area (Å²) < 4.78 is 8.58. The molecule has 0 aliphatic heterocycles. The van der Waals surface area contributed by atoms with Crippen LogP contribution in [0.15, 0.2) is 128 Å². The van der Waals surface area contributed by atoms with Crippen molar-refractivity contribution in [3.63, 3.8) is 0 Å². The molecular formula is C33H32Br2N2O. The summed E-state index contributed by atoms with van der Waals surface area (Å²) >= 11 is 3.90. The van der Waals surface area contributed by atoms with Gasteiger partial charge in [-0.25, -0.2) is 4.57 Å². The standard InChI is InChI=1S/C33H32BrN2O.BrH/c34-31(25-36(22-28-13-6-2-7-14-28)23-29-15-8-3-9-16-29)26-37-33-18-10-17-30-24-35(20-19-32(30)33)21-27-11-4-1-5-12-27;/h1-20,24,31H,21-23,25-26H2;1H/q+1;/p-1. The smallest absolute Gasteiger partial charge is 0.177 e. The zero-order valence-electron chi connectivity index (χ0n) is 21.3. The van der Waals surface area contributed by atoms with Gasteiger partial charge in [-0.15, -0.1) is 0 Å². The molecule has 1 atom stereocenters. The number of ether oxygens (including phenoxy) is 1. The Kier molecular flexibility index (Phi) is 10.5. The Morgan fingerprint density at radius 3 is 1.87 bits per heavy atom. The van der Waals surface area contributed by atoms with Crippen molar-refractivity contribution in [2.75, 3.05) is 13.2 Å². The van der Waals surface area contributed by atoms with E-state index in [1.807, 2.05) is 0 Å². The molecule has 1 unspecified atom stereocenters. The number of nitrogens with zero attached hydrogens (tertiary/aromatic N) is 2. The highest BCUT2D eigenvalue weighted by Crippen LogP contribution is 2.25. The van der Waals surface area contributed by atoms with Gasteiger partial charge in [0.15, 0.2) is 18.9 Å². The van der Waals surface area contributed by atoms with E-state index in [1.54, 1.807) is 0 Å². The maximum absolute atomic E-state index is 6.36. The Morgan fingerprint density at radius 2 is 1.26 bits per heavy atom. The minimum absolute atomic E-state index is 0. The summed E-state index contributed by atoms with van der Waals surface area (Å²) in [6.45, 7) is 4.12. The van der Waals surface area contributed by atoms with Crippen molar-refractivity contribution in [3.05, 3.63) is 144 Å².